The Balaban J connectivity index is 2.06. The quantitative estimate of drug-likeness (QED) is 0.767. The first-order valence-electron chi connectivity index (χ1n) is 6.44. The first-order valence-corrected chi connectivity index (χ1v) is 7.42. The average Bonchev–Trinajstić information content (AvgIpc) is 3.10. The number of nitrogens with zero attached hydrogens (tertiary/aromatic N) is 3. The predicted octanol–water partition coefficient (Wildman–Crippen LogP) is 1.28. The summed E-state index contributed by atoms with van der Waals surface area (Å²) in [7, 11) is 0. The number of H-pyrrole nitrogens is 1. The van der Waals surface area contributed by atoms with Gasteiger partial charge in [-0.3, -0.25) is 9.88 Å². The van der Waals surface area contributed by atoms with Crippen LogP contribution in [0.15, 0.2) is 9.95 Å². The Labute approximate surface area is 116 Å². The molecule has 0 radical (unpaired) electrons. The molecule has 0 saturated heterocycles. The minimum Gasteiger partial charge on any atom is -0.297 e. The van der Waals surface area contributed by atoms with Gasteiger partial charge < -0.3 is 0 Å². The van der Waals surface area contributed by atoms with Crippen molar-refractivity contribution in [3.63, 3.8) is 0 Å². The molecule has 1 saturated carbocycles. The fourth-order valence-electron chi connectivity index (χ4n) is 2.00. The number of nitrogens with one attached hydrogen (secondary N) is 2. The van der Waals surface area contributed by atoms with Gasteiger partial charge in [0, 0.05) is 17.8 Å². The summed E-state index contributed by atoms with van der Waals surface area (Å²) in [6, 6.07) is 2.82. The molecule has 0 aromatic carbocycles. The van der Waals surface area contributed by atoms with Crippen LogP contribution in [-0.4, -0.2) is 32.1 Å². The Morgan fingerprint density at radius 3 is 2.89 bits per heavy atom. The molecule has 1 aliphatic rings. The number of aromatic amines is 1. The minimum absolute atomic E-state index is 0.152. The van der Waals surface area contributed by atoms with Gasteiger partial charge in [-0.15, -0.1) is 5.10 Å². The molecule has 2 N–H and O–H groups in total. The van der Waals surface area contributed by atoms with Gasteiger partial charge >= 0.3 is 5.69 Å². The molecule has 0 amide bonds. The van der Waals surface area contributed by atoms with E-state index >= 15 is 0 Å². The van der Waals surface area contributed by atoms with Gasteiger partial charge in [0.25, 0.3) is 0 Å². The second-order valence-electron chi connectivity index (χ2n) is 5.44. The molecule has 1 atom stereocenters. The molecule has 1 aliphatic carbocycles. The van der Waals surface area contributed by atoms with Crippen LogP contribution in [0.2, 0.25) is 0 Å². The molecule has 1 aromatic heterocycles. The minimum atomic E-state index is -0.623. The Morgan fingerprint density at radius 1 is 1.68 bits per heavy atom. The van der Waals surface area contributed by atoms with E-state index in [0.29, 0.717) is 17.0 Å². The van der Waals surface area contributed by atoms with Crippen molar-refractivity contribution in [2.45, 2.75) is 56.4 Å². The maximum Gasteiger partial charge on any atom is 0.344 e. The molecule has 0 bridgehead atoms. The van der Waals surface area contributed by atoms with E-state index < -0.39 is 5.54 Å². The van der Waals surface area contributed by atoms with Crippen molar-refractivity contribution >= 4 is 11.8 Å². The lowest BCUT2D eigenvalue weighted by molar-refractivity contribution is 0.442. The van der Waals surface area contributed by atoms with Gasteiger partial charge in [0.15, 0.2) is 5.16 Å². The standard InChI is InChI=1S/C12H19N5OS/c1-8(2)14-12(3,6-13)7-19-11-16-15-10(18)17(11)9-4-5-9/h8-9,14H,4-5,7H2,1-3H3,(H,15,18). The highest BCUT2D eigenvalue weighted by molar-refractivity contribution is 7.99. The second-order valence-corrected chi connectivity index (χ2v) is 6.39. The van der Waals surface area contributed by atoms with Crippen LogP contribution in [0.25, 0.3) is 0 Å². The van der Waals surface area contributed by atoms with Gasteiger partial charge in [0.05, 0.1) is 6.07 Å². The van der Waals surface area contributed by atoms with E-state index in [9.17, 15) is 10.1 Å². The van der Waals surface area contributed by atoms with Crippen LogP contribution in [0.5, 0.6) is 0 Å². The lowest BCUT2D eigenvalue weighted by atomic mass is 10.1. The van der Waals surface area contributed by atoms with Crippen LogP contribution in [0, 0.1) is 11.3 Å². The Morgan fingerprint density at radius 2 is 2.37 bits per heavy atom. The fraction of sp³-hybridized carbons (Fsp3) is 0.750. The molecule has 7 heteroatoms. The van der Waals surface area contributed by atoms with Crippen LogP contribution in [0.3, 0.4) is 0 Å². The van der Waals surface area contributed by atoms with Crippen molar-refractivity contribution in [3.05, 3.63) is 10.5 Å². The average molecular weight is 281 g/mol. The highest BCUT2D eigenvalue weighted by Gasteiger charge is 2.30. The van der Waals surface area contributed by atoms with E-state index in [-0.39, 0.29) is 11.7 Å². The molecular formula is C12H19N5OS. The van der Waals surface area contributed by atoms with E-state index in [1.54, 1.807) is 4.57 Å². The van der Waals surface area contributed by atoms with Gasteiger partial charge in [0.2, 0.25) is 0 Å². The SMILES string of the molecule is CC(C)NC(C)(C#N)CSc1n[nH]c(=O)n1C1CC1. The summed E-state index contributed by atoms with van der Waals surface area (Å²) in [5, 5.41) is 19.7. The summed E-state index contributed by atoms with van der Waals surface area (Å²) < 4.78 is 1.71. The number of thioether (sulfide) groups is 1. The smallest absolute Gasteiger partial charge is 0.297 e. The van der Waals surface area contributed by atoms with E-state index in [2.05, 4.69) is 21.6 Å². The van der Waals surface area contributed by atoms with Crippen LogP contribution in [0.1, 0.15) is 39.7 Å². The fourth-order valence-corrected chi connectivity index (χ4v) is 3.05. The van der Waals surface area contributed by atoms with Gasteiger partial charge in [-0.2, -0.15) is 5.26 Å². The number of hydrogen-bond acceptors (Lipinski definition) is 5. The van der Waals surface area contributed by atoms with Crippen LogP contribution < -0.4 is 11.0 Å². The number of aromatic nitrogens is 3. The molecule has 6 nitrogen and oxygen atoms in total. The van der Waals surface area contributed by atoms with E-state index in [0.717, 1.165) is 12.8 Å². The van der Waals surface area contributed by atoms with Gasteiger partial charge in [-0.1, -0.05) is 11.8 Å². The zero-order chi connectivity index (χ0) is 14.0. The zero-order valence-electron chi connectivity index (χ0n) is 11.4. The molecule has 0 spiro atoms. The van der Waals surface area contributed by atoms with Crippen molar-refractivity contribution in [3.8, 4) is 6.07 Å². The van der Waals surface area contributed by atoms with Crippen LogP contribution >= 0.6 is 11.8 Å². The molecule has 1 unspecified atom stereocenters. The first kappa shape index (κ1) is 14.2. The van der Waals surface area contributed by atoms with Crippen LogP contribution in [-0.2, 0) is 0 Å². The topological polar surface area (TPSA) is 86.5 Å². The summed E-state index contributed by atoms with van der Waals surface area (Å²) in [6.07, 6.45) is 2.07. The molecule has 104 valence electrons. The third-order valence-corrected chi connectivity index (χ3v) is 4.20. The maximum atomic E-state index is 11.6. The number of rotatable bonds is 6. The predicted molar refractivity (Wildman–Crippen MR) is 74.1 cm³/mol. The molecule has 1 aromatic rings. The lowest BCUT2D eigenvalue weighted by Crippen LogP contribution is -2.47. The third kappa shape index (κ3) is 3.39. The summed E-state index contributed by atoms with van der Waals surface area (Å²) in [6.45, 7) is 5.88. The van der Waals surface area contributed by atoms with E-state index in [4.69, 9.17) is 0 Å². The van der Waals surface area contributed by atoms with E-state index in [1.807, 2.05) is 20.8 Å². The van der Waals surface area contributed by atoms with Crippen molar-refractivity contribution < 1.29 is 0 Å². The van der Waals surface area contributed by atoms with Crippen molar-refractivity contribution in [1.82, 2.24) is 20.1 Å². The van der Waals surface area contributed by atoms with Crippen molar-refractivity contribution in [2.24, 2.45) is 0 Å². The molecular weight excluding hydrogens is 262 g/mol. The van der Waals surface area contributed by atoms with Crippen molar-refractivity contribution in [1.29, 1.82) is 5.26 Å². The molecule has 0 aliphatic heterocycles. The Hall–Kier alpha value is -1.26. The molecule has 2 rings (SSSR count). The summed E-state index contributed by atoms with van der Waals surface area (Å²) in [5.74, 6) is 0.554. The highest BCUT2D eigenvalue weighted by Crippen LogP contribution is 2.36. The zero-order valence-corrected chi connectivity index (χ0v) is 12.3. The van der Waals surface area contributed by atoms with Crippen LogP contribution in [0.4, 0.5) is 0 Å². The Kier molecular flexibility index (Phi) is 4.02. The maximum absolute atomic E-state index is 11.6. The molecule has 1 fully saturated rings. The number of hydrogen-bond donors (Lipinski definition) is 2. The molecule has 1 heterocycles. The van der Waals surface area contributed by atoms with Gasteiger partial charge in [-0.05, 0) is 33.6 Å². The second kappa shape index (κ2) is 5.39. The number of nitriles is 1. The van der Waals surface area contributed by atoms with Gasteiger partial charge in [0.1, 0.15) is 5.54 Å². The first-order chi connectivity index (χ1) is 8.95. The van der Waals surface area contributed by atoms with Gasteiger partial charge in [-0.25, -0.2) is 9.89 Å². The monoisotopic (exact) mass is 281 g/mol. The summed E-state index contributed by atoms with van der Waals surface area (Å²) >= 11 is 1.45. The van der Waals surface area contributed by atoms with E-state index in [1.165, 1.54) is 11.8 Å². The largest absolute Gasteiger partial charge is 0.344 e. The summed E-state index contributed by atoms with van der Waals surface area (Å²) in [4.78, 5) is 11.6. The highest BCUT2D eigenvalue weighted by atomic mass is 32.2. The lowest BCUT2D eigenvalue weighted by Gasteiger charge is -2.25. The van der Waals surface area contributed by atoms with Crippen molar-refractivity contribution in [2.75, 3.05) is 5.75 Å². The normalized spacial score (nSPS) is 18.3. The summed E-state index contributed by atoms with van der Waals surface area (Å²) in [5.41, 5.74) is -0.775. The molecule has 19 heavy (non-hydrogen) atoms. The Bertz CT molecular complexity index is 539. The third-order valence-electron chi connectivity index (χ3n) is 2.93.